The second kappa shape index (κ2) is 5.52. The Balaban J connectivity index is 2.07. The molecule has 0 N–H and O–H groups in total. The maximum atomic E-state index is 6.03. The zero-order valence-corrected chi connectivity index (χ0v) is 11.6. The van der Waals surface area contributed by atoms with E-state index >= 15 is 0 Å². The van der Waals surface area contributed by atoms with Crippen LogP contribution in [0, 0.1) is 0 Å². The molecular formula is C13H12ClN5O. The predicted molar refractivity (Wildman–Crippen MR) is 74.8 cm³/mol. The standard InChI is InChI=1S/C13H12ClN5O/c1-2-20-8-12-15-11(14)7-13(16-12)19-10-6-4-3-5-9(10)17-18-19/h3-7H,2,8H2,1H3. The molecule has 7 heteroatoms. The number of aromatic nitrogens is 5. The SMILES string of the molecule is CCOCc1nc(Cl)cc(-n2nnc3ccccc32)n1. The van der Waals surface area contributed by atoms with Crippen molar-refractivity contribution in [3.63, 3.8) is 0 Å². The second-order valence-corrected chi connectivity index (χ2v) is 4.48. The highest BCUT2D eigenvalue weighted by Crippen LogP contribution is 2.17. The molecule has 102 valence electrons. The van der Waals surface area contributed by atoms with Gasteiger partial charge in [-0.05, 0) is 19.1 Å². The number of hydrogen-bond acceptors (Lipinski definition) is 5. The van der Waals surface area contributed by atoms with Gasteiger partial charge in [-0.25, -0.2) is 9.97 Å². The predicted octanol–water partition coefficient (Wildman–Crippen LogP) is 2.40. The maximum Gasteiger partial charge on any atom is 0.161 e. The average Bonchev–Trinajstić information content (AvgIpc) is 2.88. The van der Waals surface area contributed by atoms with Crippen LogP contribution in [0.15, 0.2) is 30.3 Å². The van der Waals surface area contributed by atoms with Crippen molar-refractivity contribution in [2.75, 3.05) is 6.61 Å². The lowest BCUT2D eigenvalue weighted by molar-refractivity contribution is 0.128. The number of benzene rings is 1. The Morgan fingerprint density at radius 1 is 1.25 bits per heavy atom. The Bertz CT molecular complexity index is 742. The summed E-state index contributed by atoms with van der Waals surface area (Å²) in [6.45, 7) is 2.82. The van der Waals surface area contributed by atoms with Crippen molar-refractivity contribution in [2.24, 2.45) is 0 Å². The summed E-state index contributed by atoms with van der Waals surface area (Å²) in [7, 11) is 0. The van der Waals surface area contributed by atoms with E-state index < -0.39 is 0 Å². The molecule has 2 aromatic heterocycles. The zero-order chi connectivity index (χ0) is 13.9. The minimum atomic E-state index is 0.316. The third-order valence-electron chi connectivity index (χ3n) is 2.73. The Hall–Kier alpha value is -2.05. The molecule has 0 aliphatic heterocycles. The van der Waals surface area contributed by atoms with Crippen LogP contribution in [0.3, 0.4) is 0 Å². The van der Waals surface area contributed by atoms with Crippen LogP contribution < -0.4 is 0 Å². The van der Waals surface area contributed by atoms with Crippen molar-refractivity contribution in [1.29, 1.82) is 0 Å². The summed E-state index contributed by atoms with van der Waals surface area (Å²) in [6.07, 6.45) is 0. The van der Waals surface area contributed by atoms with Crippen LogP contribution in [-0.4, -0.2) is 31.6 Å². The quantitative estimate of drug-likeness (QED) is 0.690. The third kappa shape index (κ3) is 2.48. The van der Waals surface area contributed by atoms with Gasteiger partial charge in [0, 0.05) is 12.7 Å². The topological polar surface area (TPSA) is 65.7 Å². The van der Waals surface area contributed by atoms with Gasteiger partial charge in [0.15, 0.2) is 11.6 Å². The van der Waals surface area contributed by atoms with Gasteiger partial charge in [0.2, 0.25) is 0 Å². The molecule has 0 bridgehead atoms. The van der Waals surface area contributed by atoms with Crippen LogP contribution in [0.1, 0.15) is 12.7 Å². The van der Waals surface area contributed by atoms with Gasteiger partial charge in [-0.2, -0.15) is 4.68 Å². The normalized spacial score (nSPS) is 11.1. The smallest absolute Gasteiger partial charge is 0.161 e. The van der Waals surface area contributed by atoms with E-state index in [1.807, 2.05) is 31.2 Å². The van der Waals surface area contributed by atoms with Crippen LogP contribution in [0.5, 0.6) is 0 Å². The van der Waals surface area contributed by atoms with Gasteiger partial charge in [-0.1, -0.05) is 28.9 Å². The molecule has 3 rings (SSSR count). The van der Waals surface area contributed by atoms with Crippen molar-refractivity contribution in [3.05, 3.63) is 41.3 Å². The van der Waals surface area contributed by atoms with Crippen LogP contribution in [-0.2, 0) is 11.3 Å². The molecule has 6 nitrogen and oxygen atoms in total. The molecule has 0 unspecified atom stereocenters. The lowest BCUT2D eigenvalue weighted by Gasteiger charge is -2.05. The fraction of sp³-hybridized carbons (Fsp3) is 0.231. The van der Waals surface area contributed by atoms with E-state index in [2.05, 4.69) is 20.3 Å². The first-order chi connectivity index (χ1) is 9.78. The summed E-state index contributed by atoms with van der Waals surface area (Å²) in [4.78, 5) is 8.53. The molecule has 0 aliphatic carbocycles. The van der Waals surface area contributed by atoms with Gasteiger partial charge in [-0.3, -0.25) is 0 Å². The fourth-order valence-electron chi connectivity index (χ4n) is 1.86. The van der Waals surface area contributed by atoms with Gasteiger partial charge in [0.25, 0.3) is 0 Å². The highest BCUT2D eigenvalue weighted by atomic mass is 35.5. The molecule has 0 saturated carbocycles. The van der Waals surface area contributed by atoms with Crippen LogP contribution >= 0.6 is 11.6 Å². The van der Waals surface area contributed by atoms with Crippen LogP contribution in [0.2, 0.25) is 5.15 Å². The van der Waals surface area contributed by atoms with E-state index in [1.165, 1.54) is 0 Å². The monoisotopic (exact) mass is 289 g/mol. The molecule has 0 atom stereocenters. The van der Waals surface area contributed by atoms with E-state index in [4.69, 9.17) is 16.3 Å². The van der Waals surface area contributed by atoms with E-state index in [-0.39, 0.29) is 0 Å². The van der Waals surface area contributed by atoms with E-state index in [9.17, 15) is 0 Å². The van der Waals surface area contributed by atoms with Gasteiger partial charge in [0.05, 0.1) is 5.52 Å². The molecule has 1 aromatic carbocycles. The number of fused-ring (bicyclic) bond motifs is 1. The Kier molecular flexibility index (Phi) is 3.58. The molecule has 0 amide bonds. The summed E-state index contributed by atoms with van der Waals surface area (Å²) in [5, 5.41) is 8.55. The molecule has 2 heterocycles. The summed E-state index contributed by atoms with van der Waals surface area (Å²) >= 11 is 6.03. The summed E-state index contributed by atoms with van der Waals surface area (Å²) in [5.74, 6) is 1.10. The molecule has 20 heavy (non-hydrogen) atoms. The van der Waals surface area contributed by atoms with E-state index in [0.29, 0.717) is 30.0 Å². The number of rotatable bonds is 4. The maximum absolute atomic E-state index is 6.03. The Morgan fingerprint density at radius 2 is 2.10 bits per heavy atom. The largest absolute Gasteiger partial charge is 0.374 e. The molecule has 3 aromatic rings. The Morgan fingerprint density at radius 3 is 2.95 bits per heavy atom. The second-order valence-electron chi connectivity index (χ2n) is 4.09. The fourth-order valence-corrected chi connectivity index (χ4v) is 2.05. The minimum Gasteiger partial charge on any atom is -0.374 e. The van der Waals surface area contributed by atoms with Crippen LogP contribution in [0.4, 0.5) is 0 Å². The van der Waals surface area contributed by atoms with E-state index in [1.54, 1.807) is 10.7 Å². The van der Waals surface area contributed by atoms with Crippen molar-refractivity contribution >= 4 is 22.6 Å². The number of halogens is 1. The average molecular weight is 290 g/mol. The zero-order valence-electron chi connectivity index (χ0n) is 10.8. The van der Waals surface area contributed by atoms with Crippen molar-refractivity contribution in [1.82, 2.24) is 25.0 Å². The molecule has 0 radical (unpaired) electrons. The van der Waals surface area contributed by atoms with Crippen molar-refractivity contribution < 1.29 is 4.74 Å². The van der Waals surface area contributed by atoms with Gasteiger partial charge in [0.1, 0.15) is 17.3 Å². The first kappa shape index (κ1) is 13.0. The number of para-hydroxylation sites is 1. The lowest BCUT2D eigenvalue weighted by Crippen LogP contribution is -2.06. The highest BCUT2D eigenvalue weighted by Gasteiger charge is 2.10. The summed E-state index contributed by atoms with van der Waals surface area (Å²) < 4.78 is 6.94. The first-order valence-corrected chi connectivity index (χ1v) is 6.57. The third-order valence-corrected chi connectivity index (χ3v) is 2.93. The van der Waals surface area contributed by atoms with E-state index in [0.717, 1.165) is 11.0 Å². The van der Waals surface area contributed by atoms with Gasteiger partial charge < -0.3 is 4.74 Å². The number of hydrogen-bond donors (Lipinski definition) is 0. The van der Waals surface area contributed by atoms with Gasteiger partial charge in [-0.15, -0.1) is 5.10 Å². The summed E-state index contributed by atoms with van der Waals surface area (Å²) in [6, 6.07) is 9.30. The van der Waals surface area contributed by atoms with Gasteiger partial charge >= 0.3 is 0 Å². The minimum absolute atomic E-state index is 0.316. The summed E-state index contributed by atoms with van der Waals surface area (Å²) in [5.41, 5.74) is 1.67. The first-order valence-electron chi connectivity index (χ1n) is 6.20. The number of ether oxygens (including phenoxy) is 1. The van der Waals surface area contributed by atoms with Crippen molar-refractivity contribution in [2.45, 2.75) is 13.5 Å². The number of nitrogens with zero attached hydrogens (tertiary/aromatic N) is 5. The van der Waals surface area contributed by atoms with Crippen LogP contribution in [0.25, 0.3) is 16.9 Å². The molecule has 0 aliphatic rings. The highest BCUT2D eigenvalue weighted by molar-refractivity contribution is 6.29. The van der Waals surface area contributed by atoms with Crippen molar-refractivity contribution in [3.8, 4) is 5.82 Å². The molecule has 0 spiro atoms. The molecule has 0 saturated heterocycles. The molecule has 0 fully saturated rings. The Labute approximate surface area is 120 Å². The molecular weight excluding hydrogens is 278 g/mol. The lowest BCUT2D eigenvalue weighted by atomic mass is 10.3.